The summed E-state index contributed by atoms with van der Waals surface area (Å²) in [6, 6.07) is 54.5. The normalized spacial score (nSPS) is 13.2. The van der Waals surface area contributed by atoms with Gasteiger partial charge in [0.15, 0.2) is 0 Å². The van der Waals surface area contributed by atoms with Gasteiger partial charge in [-0.25, -0.2) is 20.0 Å². The van der Waals surface area contributed by atoms with Gasteiger partial charge < -0.3 is 0 Å². The number of anilines is 4. The first-order chi connectivity index (χ1) is 26.2. The van der Waals surface area contributed by atoms with E-state index in [0.29, 0.717) is 18.0 Å². The summed E-state index contributed by atoms with van der Waals surface area (Å²) < 4.78 is 21.0. The van der Waals surface area contributed by atoms with Crippen LogP contribution in [0.2, 0.25) is 0 Å². The minimum Gasteiger partial charge on any atom is -0.246 e. The summed E-state index contributed by atoms with van der Waals surface area (Å²) in [5.74, 6) is 0.492. The Kier molecular flexibility index (Phi) is 5.66. The molecule has 0 unspecified atom stereocenters. The number of hydrogen-bond acceptors (Lipinski definition) is 5. The second-order valence-corrected chi connectivity index (χ2v) is 13.9. The zero-order valence-corrected chi connectivity index (χ0v) is 28.0. The van der Waals surface area contributed by atoms with Gasteiger partial charge in [-0.2, -0.15) is 0 Å². The molecule has 3 heterocycles. The van der Waals surface area contributed by atoms with E-state index in [4.69, 9.17) is 11.3 Å². The van der Waals surface area contributed by atoms with Crippen LogP contribution in [0.1, 0.15) is 2.74 Å². The second-order valence-electron chi connectivity index (χ2n) is 12.8. The Morgan fingerprint density at radius 3 is 2.04 bits per heavy atom. The van der Waals surface area contributed by atoms with Crippen LogP contribution in [-0.2, 0) is 0 Å². The van der Waals surface area contributed by atoms with Crippen molar-refractivity contribution >= 4 is 87.0 Å². The predicted octanol–water partition coefficient (Wildman–Crippen LogP) is 12.8. The van der Waals surface area contributed by atoms with E-state index in [1.54, 1.807) is 11.3 Å². The molecule has 8 aromatic carbocycles. The Morgan fingerprint density at radius 2 is 1.20 bits per heavy atom. The van der Waals surface area contributed by atoms with Crippen LogP contribution in [0.3, 0.4) is 0 Å². The molecule has 0 fully saturated rings. The van der Waals surface area contributed by atoms with E-state index in [1.807, 2.05) is 78.9 Å². The zero-order chi connectivity index (χ0) is 35.2. The van der Waals surface area contributed by atoms with Crippen molar-refractivity contribution in [2.24, 2.45) is 0 Å². The van der Waals surface area contributed by atoms with Crippen molar-refractivity contribution in [1.82, 2.24) is 9.97 Å². The average molecular weight is 671 g/mol. The largest absolute Gasteiger partial charge is 0.251 e. The van der Waals surface area contributed by atoms with E-state index in [1.165, 1.54) is 0 Å². The standard InChI is InChI=1S/C46H28N4S/c1-3-16-30(17-4-1)43-35-23-11-13-25-37(35)47-46(48-43)50-44-42(34-22-10-9-21-33(34)40-36-24-12-14-26-39(36)51-45(40)44)41-32-20-8-7-15-29(32)27-28-38(41)49(50)31-18-5-2-6-19-31/h1-28H/i24D,28D. The third-order valence-corrected chi connectivity index (χ3v) is 11.1. The van der Waals surface area contributed by atoms with Crippen LogP contribution in [0, 0.1) is 0 Å². The first-order valence-corrected chi connectivity index (χ1v) is 17.8. The molecular weight excluding hydrogens is 641 g/mol. The Hall–Kier alpha value is -6.56. The van der Waals surface area contributed by atoms with Crippen molar-refractivity contribution in [3.8, 4) is 22.4 Å². The number of aromatic nitrogens is 2. The van der Waals surface area contributed by atoms with Gasteiger partial charge in [-0.15, -0.1) is 11.3 Å². The van der Waals surface area contributed by atoms with Crippen molar-refractivity contribution in [2.75, 3.05) is 10.0 Å². The highest BCUT2D eigenvalue weighted by Crippen LogP contribution is 2.58. The van der Waals surface area contributed by atoms with Crippen molar-refractivity contribution < 1.29 is 2.74 Å². The lowest BCUT2D eigenvalue weighted by molar-refractivity contribution is 0.933. The number of nitrogens with zero attached hydrogens (tertiary/aromatic N) is 4. The third-order valence-electron chi connectivity index (χ3n) is 9.96. The third kappa shape index (κ3) is 4.13. The van der Waals surface area contributed by atoms with Gasteiger partial charge >= 0.3 is 0 Å². The van der Waals surface area contributed by atoms with Gasteiger partial charge in [0.2, 0.25) is 0 Å². The quantitative estimate of drug-likeness (QED) is 0.187. The lowest BCUT2D eigenvalue weighted by atomic mass is 9.87. The fourth-order valence-electron chi connectivity index (χ4n) is 7.81. The van der Waals surface area contributed by atoms with Gasteiger partial charge in [0.1, 0.15) is 0 Å². The molecule has 0 atom stereocenters. The Bertz CT molecular complexity index is 3110. The van der Waals surface area contributed by atoms with Crippen LogP contribution in [0.4, 0.5) is 23.0 Å². The van der Waals surface area contributed by atoms with E-state index < -0.39 is 0 Å². The van der Waals surface area contributed by atoms with E-state index in [0.717, 1.165) is 92.1 Å². The predicted molar refractivity (Wildman–Crippen MR) is 215 cm³/mol. The smallest absolute Gasteiger partial charge is 0.246 e. The van der Waals surface area contributed by atoms with Gasteiger partial charge in [0.25, 0.3) is 5.95 Å². The molecule has 1 aliphatic heterocycles. The van der Waals surface area contributed by atoms with Gasteiger partial charge in [-0.3, -0.25) is 0 Å². The molecule has 10 aromatic rings. The highest BCUT2D eigenvalue weighted by Gasteiger charge is 2.38. The van der Waals surface area contributed by atoms with Crippen molar-refractivity contribution in [1.29, 1.82) is 0 Å². The fraction of sp³-hybridized carbons (Fsp3) is 0. The molecule has 4 nitrogen and oxygen atoms in total. The summed E-state index contributed by atoms with van der Waals surface area (Å²) in [4.78, 5) is 10.8. The molecule has 0 bridgehead atoms. The molecule has 2 aromatic heterocycles. The number of fused-ring (bicyclic) bond motifs is 13. The first-order valence-electron chi connectivity index (χ1n) is 18.0. The first kappa shape index (κ1) is 26.3. The molecule has 0 saturated heterocycles. The van der Waals surface area contributed by atoms with E-state index in [2.05, 4.69) is 88.9 Å². The van der Waals surface area contributed by atoms with Crippen LogP contribution < -0.4 is 10.0 Å². The van der Waals surface area contributed by atoms with Gasteiger partial charge in [-0.05, 0) is 51.9 Å². The van der Waals surface area contributed by atoms with Crippen LogP contribution in [0.25, 0.3) is 75.0 Å². The second kappa shape index (κ2) is 11.0. The molecule has 11 rings (SSSR count). The fourth-order valence-corrected chi connectivity index (χ4v) is 9.04. The number of para-hydroxylation sites is 2. The highest BCUT2D eigenvalue weighted by atomic mass is 32.1. The van der Waals surface area contributed by atoms with Gasteiger partial charge in [0, 0.05) is 37.5 Å². The summed E-state index contributed by atoms with van der Waals surface area (Å²) >= 11 is 1.70. The van der Waals surface area contributed by atoms with Crippen LogP contribution in [-0.4, -0.2) is 9.97 Å². The maximum Gasteiger partial charge on any atom is 0.251 e. The molecule has 0 N–H and O–H groups in total. The van der Waals surface area contributed by atoms with Gasteiger partial charge in [0.05, 0.1) is 35.7 Å². The minimum absolute atomic E-state index is 0.399. The lowest BCUT2D eigenvalue weighted by Crippen LogP contribution is -2.40. The summed E-state index contributed by atoms with van der Waals surface area (Å²) in [5, 5.41) is 11.4. The Labute approximate surface area is 300 Å². The summed E-state index contributed by atoms with van der Waals surface area (Å²) in [7, 11) is 0. The van der Waals surface area contributed by atoms with Crippen LogP contribution >= 0.6 is 11.3 Å². The molecule has 0 amide bonds. The minimum atomic E-state index is 0.399. The molecule has 238 valence electrons. The average Bonchev–Trinajstić information content (AvgIpc) is 3.62. The maximum atomic E-state index is 9.77. The monoisotopic (exact) mass is 670 g/mol. The maximum absolute atomic E-state index is 9.77. The topological polar surface area (TPSA) is 32.3 Å². The van der Waals surface area contributed by atoms with Crippen LogP contribution in [0.5, 0.6) is 0 Å². The summed E-state index contributed by atoms with van der Waals surface area (Å²) in [5.41, 5.74) is 7.23. The van der Waals surface area contributed by atoms with E-state index in [-0.39, 0.29) is 0 Å². The number of rotatable bonds is 3. The molecule has 0 spiro atoms. The van der Waals surface area contributed by atoms with E-state index >= 15 is 0 Å². The van der Waals surface area contributed by atoms with Crippen molar-refractivity contribution in [3.63, 3.8) is 0 Å². The molecule has 0 radical (unpaired) electrons. The van der Waals surface area contributed by atoms with E-state index in [9.17, 15) is 1.37 Å². The number of thiophene rings is 1. The molecule has 0 saturated carbocycles. The summed E-state index contributed by atoms with van der Waals surface area (Å²) in [6.07, 6.45) is 0. The van der Waals surface area contributed by atoms with Crippen LogP contribution in [0.15, 0.2) is 170 Å². The Morgan fingerprint density at radius 1 is 0.510 bits per heavy atom. The SMILES string of the molecule is [2H]c1cc2ccccc2c2c1N(c1ccccc1)N(c1nc(-c3ccccc3)c3ccccc3n1)c1c-2c2ccccc2c2c1sc1cccc([2H])c12. The van der Waals surface area contributed by atoms with Crippen molar-refractivity contribution in [3.05, 3.63) is 170 Å². The molecule has 0 aliphatic carbocycles. The number of hydrazine groups is 1. The molecule has 1 aliphatic rings. The molecular formula is C46H28N4S. The summed E-state index contributed by atoms with van der Waals surface area (Å²) in [6.45, 7) is 0. The van der Waals surface area contributed by atoms with Crippen molar-refractivity contribution in [2.45, 2.75) is 0 Å². The molecule has 5 heteroatoms. The Balaban J connectivity index is 1.40. The highest BCUT2D eigenvalue weighted by molar-refractivity contribution is 7.26. The number of benzene rings is 8. The van der Waals surface area contributed by atoms with Gasteiger partial charge in [-0.1, -0.05) is 140 Å². The lowest BCUT2D eigenvalue weighted by Gasteiger charge is -2.43. The number of hydrogen-bond donors (Lipinski definition) is 0. The molecule has 51 heavy (non-hydrogen) atoms. The zero-order valence-electron chi connectivity index (χ0n) is 29.2.